The fraction of sp³-hybridized carbons (Fsp3) is 0.250. The number of rotatable bonds is 3. The van der Waals surface area contributed by atoms with Gasteiger partial charge in [0.05, 0.1) is 11.6 Å². The zero-order valence-electron chi connectivity index (χ0n) is 11.4. The van der Waals surface area contributed by atoms with Crippen LogP contribution in [0.1, 0.15) is 35.2 Å². The van der Waals surface area contributed by atoms with Crippen molar-refractivity contribution in [1.29, 1.82) is 0 Å². The lowest BCUT2D eigenvalue weighted by Crippen LogP contribution is -2.18. The van der Waals surface area contributed by atoms with Crippen molar-refractivity contribution in [2.75, 3.05) is 0 Å². The van der Waals surface area contributed by atoms with Crippen LogP contribution in [0.25, 0.3) is 0 Å². The number of halogens is 4. The zero-order valence-corrected chi connectivity index (χ0v) is 13.0. The van der Waals surface area contributed by atoms with Crippen molar-refractivity contribution in [3.63, 3.8) is 0 Å². The molecule has 2 rings (SSSR count). The highest BCUT2D eigenvalue weighted by Crippen LogP contribution is 2.37. The number of nitrogens with two attached hydrogens (primary N) is 1. The lowest BCUT2D eigenvalue weighted by Gasteiger charge is -2.19. The molecule has 112 valence electrons. The summed E-state index contributed by atoms with van der Waals surface area (Å²) in [6.07, 6.45) is -3.55. The first-order valence-electron chi connectivity index (χ1n) is 6.54. The van der Waals surface area contributed by atoms with Gasteiger partial charge in [0.25, 0.3) is 0 Å². The summed E-state index contributed by atoms with van der Waals surface area (Å²) >= 11 is 3.07. The second-order valence-electron chi connectivity index (χ2n) is 4.80. The van der Waals surface area contributed by atoms with Gasteiger partial charge in [-0.15, -0.1) is 0 Å². The maximum absolute atomic E-state index is 13.1. The van der Waals surface area contributed by atoms with Gasteiger partial charge in [-0.3, -0.25) is 0 Å². The van der Waals surface area contributed by atoms with E-state index in [0.29, 0.717) is 10.0 Å². The molecule has 1 atom stereocenters. The number of hydrogen-bond acceptors (Lipinski definition) is 1. The van der Waals surface area contributed by atoms with E-state index < -0.39 is 17.8 Å². The van der Waals surface area contributed by atoms with Crippen LogP contribution in [0.3, 0.4) is 0 Å². The van der Waals surface area contributed by atoms with Crippen LogP contribution < -0.4 is 5.73 Å². The minimum Gasteiger partial charge on any atom is -0.320 e. The summed E-state index contributed by atoms with van der Waals surface area (Å²) in [5, 5.41) is 0. The van der Waals surface area contributed by atoms with Crippen molar-refractivity contribution in [3.8, 4) is 0 Å². The summed E-state index contributed by atoms with van der Waals surface area (Å²) < 4.78 is 39.8. The van der Waals surface area contributed by atoms with E-state index in [1.165, 1.54) is 6.07 Å². The molecular weight excluding hydrogens is 343 g/mol. The van der Waals surface area contributed by atoms with E-state index in [1.807, 2.05) is 19.1 Å². The van der Waals surface area contributed by atoms with E-state index in [0.717, 1.165) is 18.1 Å². The van der Waals surface area contributed by atoms with Crippen LogP contribution >= 0.6 is 15.9 Å². The van der Waals surface area contributed by atoms with Crippen molar-refractivity contribution < 1.29 is 13.2 Å². The molecule has 5 heteroatoms. The first-order valence-corrected chi connectivity index (χ1v) is 7.33. The van der Waals surface area contributed by atoms with Crippen LogP contribution in [0.15, 0.2) is 46.9 Å². The Kier molecular flexibility index (Phi) is 4.74. The van der Waals surface area contributed by atoms with Gasteiger partial charge in [0.2, 0.25) is 0 Å². The summed E-state index contributed by atoms with van der Waals surface area (Å²) in [7, 11) is 0. The Balaban J connectivity index is 2.44. The second kappa shape index (κ2) is 6.20. The van der Waals surface area contributed by atoms with E-state index in [1.54, 1.807) is 18.2 Å². The molecule has 21 heavy (non-hydrogen) atoms. The molecule has 0 aliphatic carbocycles. The molecule has 0 radical (unpaired) electrons. The number of aryl methyl sites for hydroxylation is 1. The van der Waals surface area contributed by atoms with Gasteiger partial charge in [0, 0.05) is 4.47 Å². The van der Waals surface area contributed by atoms with Crippen LogP contribution in [0.2, 0.25) is 0 Å². The Labute approximate surface area is 130 Å². The summed E-state index contributed by atoms with van der Waals surface area (Å²) in [6.45, 7) is 2.02. The summed E-state index contributed by atoms with van der Waals surface area (Å²) in [6, 6.07) is 10.6. The van der Waals surface area contributed by atoms with Gasteiger partial charge in [-0.25, -0.2) is 0 Å². The maximum atomic E-state index is 13.1. The van der Waals surface area contributed by atoms with Crippen molar-refractivity contribution >= 4 is 15.9 Å². The highest BCUT2D eigenvalue weighted by atomic mass is 79.9. The highest BCUT2D eigenvalue weighted by molar-refractivity contribution is 9.10. The smallest absolute Gasteiger partial charge is 0.320 e. The van der Waals surface area contributed by atoms with Crippen molar-refractivity contribution in [2.24, 2.45) is 5.73 Å². The van der Waals surface area contributed by atoms with Crippen LogP contribution in [0.4, 0.5) is 13.2 Å². The third-order valence-electron chi connectivity index (χ3n) is 3.40. The van der Waals surface area contributed by atoms with E-state index in [2.05, 4.69) is 15.9 Å². The van der Waals surface area contributed by atoms with Gasteiger partial charge in [0.15, 0.2) is 0 Å². The fourth-order valence-corrected chi connectivity index (χ4v) is 2.55. The van der Waals surface area contributed by atoms with E-state index in [4.69, 9.17) is 5.73 Å². The third-order valence-corrected chi connectivity index (χ3v) is 3.90. The lowest BCUT2D eigenvalue weighted by molar-refractivity contribution is -0.138. The number of alkyl halides is 3. The Morgan fingerprint density at radius 2 is 1.71 bits per heavy atom. The van der Waals surface area contributed by atoms with E-state index in [9.17, 15) is 13.2 Å². The highest BCUT2D eigenvalue weighted by Gasteiger charge is 2.35. The van der Waals surface area contributed by atoms with Gasteiger partial charge in [-0.1, -0.05) is 53.2 Å². The van der Waals surface area contributed by atoms with Gasteiger partial charge in [-0.05, 0) is 35.2 Å². The normalized spacial score (nSPS) is 13.2. The van der Waals surface area contributed by atoms with Gasteiger partial charge in [0.1, 0.15) is 0 Å². The molecule has 0 heterocycles. The van der Waals surface area contributed by atoms with Crippen molar-refractivity contribution in [1.82, 2.24) is 0 Å². The molecule has 0 amide bonds. The van der Waals surface area contributed by atoms with Crippen LogP contribution in [0.5, 0.6) is 0 Å². The van der Waals surface area contributed by atoms with Gasteiger partial charge in [-0.2, -0.15) is 13.2 Å². The first kappa shape index (κ1) is 16.0. The second-order valence-corrected chi connectivity index (χ2v) is 5.72. The number of benzene rings is 2. The Morgan fingerprint density at radius 1 is 1.10 bits per heavy atom. The molecule has 0 spiro atoms. The topological polar surface area (TPSA) is 26.0 Å². The SMILES string of the molecule is CCc1ccc(C(N)c2ccc(Br)cc2C(F)(F)F)cc1. The Morgan fingerprint density at radius 3 is 2.24 bits per heavy atom. The Bertz CT molecular complexity index is 620. The van der Waals surface area contributed by atoms with E-state index >= 15 is 0 Å². The molecule has 0 aromatic heterocycles. The largest absolute Gasteiger partial charge is 0.416 e. The van der Waals surface area contributed by atoms with Crippen LogP contribution in [-0.4, -0.2) is 0 Å². The van der Waals surface area contributed by atoms with E-state index in [-0.39, 0.29) is 5.56 Å². The molecule has 0 saturated heterocycles. The Hall–Kier alpha value is -1.33. The minimum absolute atomic E-state index is 0.0787. The summed E-state index contributed by atoms with van der Waals surface area (Å²) in [5.74, 6) is 0. The van der Waals surface area contributed by atoms with Crippen LogP contribution in [-0.2, 0) is 12.6 Å². The monoisotopic (exact) mass is 357 g/mol. The third kappa shape index (κ3) is 3.66. The summed E-state index contributed by atoms with van der Waals surface area (Å²) in [4.78, 5) is 0. The average Bonchev–Trinajstić information content (AvgIpc) is 2.45. The fourth-order valence-electron chi connectivity index (χ4n) is 2.19. The van der Waals surface area contributed by atoms with Crippen LogP contribution in [0, 0.1) is 0 Å². The number of hydrogen-bond donors (Lipinski definition) is 1. The molecule has 0 aliphatic rings. The van der Waals surface area contributed by atoms with Crippen molar-refractivity contribution in [3.05, 3.63) is 69.2 Å². The maximum Gasteiger partial charge on any atom is 0.416 e. The molecule has 1 unspecified atom stereocenters. The first-order chi connectivity index (χ1) is 9.82. The predicted molar refractivity (Wildman–Crippen MR) is 81.0 cm³/mol. The molecule has 2 aromatic rings. The minimum atomic E-state index is -4.43. The molecule has 0 saturated carbocycles. The lowest BCUT2D eigenvalue weighted by atomic mass is 9.94. The molecule has 0 bridgehead atoms. The average molecular weight is 358 g/mol. The standard InChI is InChI=1S/C16H15BrF3N/c1-2-10-3-5-11(6-4-10)15(21)13-8-7-12(17)9-14(13)16(18,19)20/h3-9,15H,2,21H2,1H3. The van der Waals surface area contributed by atoms with Crippen molar-refractivity contribution in [2.45, 2.75) is 25.6 Å². The zero-order chi connectivity index (χ0) is 15.6. The van der Waals surface area contributed by atoms with Gasteiger partial charge < -0.3 is 5.73 Å². The predicted octanol–water partition coefficient (Wildman–Crippen LogP) is 5.08. The molecule has 2 aromatic carbocycles. The molecule has 2 N–H and O–H groups in total. The molecular formula is C16H15BrF3N. The quantitative estimate of drug-likeness (QED) is 0.814. The molecule has 1 nitrogen and oxygen atoms in total. The molecule has 0 aliphatic heterocycles. The molecule has 0 fully saturated rings. The van der Waals surface area contributed by atoms with Gasteiger partial charge >= 0.3 is 6.18 Å². The summed E-state index contributed by atoms with van der Waals surface area (Å²) in [5.41, 5.74) is 7.20.